The van der Waals surface area contributed by atoms with Gasteiger partial charge in [0.15, 0.2) is 0 Å². The molecule has 1 saturated heterocycles. The largest absolute Gasteiger partial charge is 0.356 e. The van der Waals surface area contributed by atoms with Crippen LogP contribution in [0.5, 0.6) is 0 Å². The van der Waals surface area contributed by atoms with Gasteiger partial charge in [-0.25, -0.2) is 4.98 Å². The van der Waals surface area contributed by atoms with Crippen LogP contribution in [0.3, 0.4) is 0 Å². The number of carbonyl (C=O) groups is 1. The van der Waals surface area contributed by atoms with Crippen molar-refractivity contribution in [2.75, 3.05) is 24.5 Å². The van der Waals surface area contributed by atoms with Crippen LogP contribution >= 0.6 is 24.8 Å². The molecule has 1 fully saturated rings. The standard InChI is InChI=1S/C15H24N4O.2ClH/c1-12(16)7-9-18-15(20)13-6-5-8-17-14(13)19-10-3-2-4-11-19;;/h5-6,8,12H,2-4,7,9-11,16H2,1H3,(H,18,20);2*1H. The van der Waals surface area contributed by atoms with Gasteiger partial charge in [0.05, 0.1) is 5.56 Å². The number of rotatable bonds is 5. The minimum absolute atomic E-state index is 0. The van der Waals surface area contributed by atoms with E-state index >= 15 is 0 Å². The third kappa shape index (κ3) is 5.99. The highest BCUT2D eigenvalue weighted by molar-refractivity contribution is 5.98. The SMILES string of the molecule is CC(N)CCNC(=O)c1cccnc1N1CCCCC1.Cl.Cl. The molecule has 1 aliphatic rings. The van der Waals surface area contributed by atoms with Crippen LogP contribution in [0, 0.1) is 0 Å². The Kier molecular flexibility index (Phi) is 10.1. The number of nitrogens with two attached hydrogens (primary N) is 1. The number of piperidine rings is 1. The van der Waals surface area contributed by atoms with Crippen molar-refractivity contribution in [2.24, 2.45) is 5.73 Å². The van der Waals surface area contributed by atoms with Crippen LogP contribution in [0.1, 0.15) is 43.0 Å². The van der Waals surface area contributed by atoms with Crippen molar-refractivity contribution in [2.45, 2.75) is 38.6 Å². The molecule has 0 aliphatic carbocycles. The Hall–Kier alpha value is -1.04. The Morgan fingerprint density at radius 2 is 2.05 bits per heavy atom. The fourth-order valence-electron chi connectivity index (χ4n) is 2.44. The molecule has 1 aromatic heterocycles. The highest BCUT2D eigenvalue weighted by Crippen LogP contribution is 2.21. The molecule has 1 amide bonds. The zero-order valence-electron chi connectivity index (χ0n) is 13.0. The number of hydrogen-bond acceptors (Lipinski definition) is 4. The normalized spacial score (nSPS) is 15.3. The highest BCUT2D eigenvalue weighted by Gasteiger charge is 2.19. The summed E-state index contributed by atoms with van der Waals surface area (Å²) in [6.07, 6.45) is 6.14. The maximum atomic E-state index is 12.3. The summed E-state index contributed by atoms with van der Waals surface area (Å²) in [6.45, 7) is 4.51. The molecule has 0 spiro atoms. The van der Waals surface area contributed by atoms with Crippen LogP contribution in [0.4, 0.5) is 5.82 Å². The van der Waals surface area contributed by atoms with Crippen LogP contribution in [0.15, 0.2) is 18.3 Å². The molecule has 0 saturated carbocycles. The summed E-state index contributed by atoms with van der Waals surface area (Å²) in [4.78, 5) is 18.9. The fourth-order valence-corrected chi connectivity index (χ4v) is 2.44. The number of anilines is 1. The number of amides is 1. The van der Waals surface area contributed by atoms with E-state index in [1.807, 2.05) is 19.1 Å². The number of aromatic nitrogens is 1. The second-order valence-corrected chi connectivity index (χ2v) is 5.44. The van der Waals surface area contributed by atoms with Crippen molar-refractivity contribution < 1.29 is 4.79 Å². The average Bonchev–Trinajstić information content (AvgIpc) is 2.47. The number of carbonyl (C=O) groups excluding carboxylic acids is 1. The Balaban J connectivity index is 0.00000220. The van der Waals surface area contributed by atoms with E-state index in [9.17, 15) is 4.79 Å². The number of hydrogen-bond donors (Lipinski definition) is 2. The highest BCUT2D eigenvalue weighted by atomic mass is 35.5. The maximum Gasteiger partial charge on any atom is 0.255 e. The molecule has 7 heteroatoms. The smallest absolute Gasteiger partial charge is 0.255 e. The van der Waals surface area contributed by atoms with E-state index in [4.69, 9.17) is 5.73 Å². The monoisotopic (exact) mass is 348 g/mol. The summed E-state index contributed by atoms with van der Waals surface area (Å²) >= 11 is 0. The summed E-state index contributed by atoms with van der Waals surface area (Å²) < 4.78 is 0. The Morgan fingerprint density at radius 3 is 2.68 bits per heavy atom. The van der Waals surface area contributed by atoms with Gasteiger partial charge >= 0.3 is 0 Å². The number of halogens is 2. The van der Waals surface area contributed by atoms with Crippen molar-refractivity contribution in [3.63, 3.8) is 0 Å². The lowest BCUT2D eigenvalue weighted by atomic mass is 10.1. The molecule has 1 atom stereocenters. The summed E-state index contributed by atoms with van der Waals surface area (Å²) in [6, 6.07) is 3.76. The van der Waals surface area contributed by atoms with E-state index < -0.39 is 0 Å². The fraction of sp³-hybridized carbons (Fsp3) is 0.600. The van der Waals surface area contributed by atoms with E-state index in [1.54, 1.807) is 6.20 Å². The second-order valence-electron chi connectivity index (χ2n) is 5.44. The molecule has 22 heavy (non-hydrogen) atoms. The van der Waals surface area contributed by atoms with Crippen molar-refractivity contribution in [1.82, 2.24) is 10.3 Å². The Bertz CT molecular complexity index is 451. The van der Waals surface area contributed by atoms with Gasteiger partial charge in [-0.3, -0.25) is 4.79 Å². The zero-order chi connectivity index (χ0) is 14.4. The van der Waals surface area contributed by atoms with Gasteiger partial charge in [-0.05, 0) is 44.7 Å². The van der Waals surface area contributed by atoms with E-state index in [-0.39, 0.29) is 36.8 Å². The van der Waals surface area contributed by atoms with Gasteiger partial charge in [0.1, 0.15) is 5.82 Å². The molecule has 1 aromatic rings. The van der Waals surface area contributed by atoms with Crippen molar-refractivity contribution in [1.29, 1.82) is 0 Å². The third-order valence-electron chi connectivity index (χ3n) is 3.57. The lowest BCUT2D eigenvalue weighted by Crippen LogP contribution is -2.34. The molecule has 0 aromatic carbocycles. The molecule has 126 valence electrons. The summed E-state index contributed by atoms with van der Waals surface area (Å²) in [7, 11) is 0. The zero-order valence-corrected chi connectivity index (χ0v) is 14.6. The first kappa shape index (κ1) is 21.0. The first-order chi connectivity index (χ1) is 9.68. The lowest BCUT2D eigenvalue weighted by Gasteiger charge is -2.29. The van der Waals surface area contributed by atoms with Gasteiger partial charge in [-0.2, -0.15) is 0 Å². The molecule has 0 bridgehead atoms. The van der Waals surface area contributed by atoms with Gasteiger partial charge in [-0.15, -0.1) is 24.8 Å². The maximum absolute atomic E-state index is 12.3. The van der Waals surface area contributed by atoms with Crippen LogP contribution in [-0.4, -0.2) is 36.6 Å². The molecule has 2 rings (SSSR count). The van der Waals surface area contributed by atoms with Crippen molar-refractivity contribution >= 4 is 36.5 Å². The molecular weight excluding hydrogens is 323 g/mol. The molecule has 1 aliphatic heterocycles. The minimum Gasteiger partial charge on any atom is -0.356 e. The van der Waals surface area contributed by atoms with Crippen LogP contribution in [0.25, 0.3) is 0 Å². The molecule has 3 N–H and O–H groups in total. The first-order valence-electron chi connectivity index (χ1n) is 7.42. The predicted molar refractivity (Wildman–Crippen MR) is 95.4 cm³/mol. The van der Waals surface area contributed by atoms with Crippen molar-refractivity contribution in [3.05, 3.63) is 23.9 Å². The van der Waals surface area contributed by atoms with Crippen LogP contribution in [0.2, 0.25) is 0 Å². The van der Waals surface area contributed by atoms with Crippen molar-refractivity contribution in [3.8, 4) is 0 Å². The van der Waals surface area contributed by atoms with Gasteiger partial charge in [0, 0.05) is 31.9 Å². The molecule has 5 nitrogen and oxygen atoms in total. The van der Waals surface area contributed by atoms with Crippen LogP contribution < -0.4 is 16.0 Å². The van der Waals surface area contributed by atoms with E-state index in [2.05, 4.69) is 15.2 Å². The van der Waals surface area contributed by atoms with Gasteiger partial charge in [0.25, 0.3) is 5.91 Å². The number of nitrogens with zero attached hydrogens (tertiary/aromatic N) is 2. The van der Waals surface area contributed by atoms with Gasteiger partial charge in [-0.1, -0.05) is 0 Å². The predicted octanol–water partition coefficient (Wildman–Crippen LogP) is 2.38. The average molecular weight is 349 g/mol. The molecule has 1 unspecified atom stereocenters. The summed E-state index contributed by atoms with van der Waals surface area (Å²) in [5, 5.41) is 2.92. The second kappa shape index (κ2) is 10.6. The lowest BCUT2D eigenvalue weighted by molar-refractivity contribution is 0.0953. The third-order valence-corrected chi connectivity index (χ3v) is 3.57. The van der Waals surface area contributed by atoms with Gasteiger partial charge < -0.3 is 16.0 Å². The number of pyridine rings is 1. The molecule has 0 radical (unpaired) electrons. The quantitative estimate of drug-likeness (QED) is 0.856. The number of nitrogens with one attached hydrogen (secondary N) is 1. The molecular formula is C15H26Cl2N4O. The Labute approximate surface area is 144 Å². The van der Waals surface area contributed by atoms with E-state index in [1.165, 1.54) is 19.3 Å². The van der Waals surface area contributed by atoms with Gasteiger partial charge in [0.2, 0.25) is 0 Å². The Morgan fingerprint density at radius 1 is 1.36 bits per heavy atom. The van der Waals surface area contributed by atoms with E-state index in [0.717, 1.165) is 25.3 Å². The van der Waals surface area contributed by atoms with E-state index in [0.29, 0.717) is 12.1 Å². The topological polar surface area (TPSA) is 71.2 Å². The first-order valence-corrected chi connectivity index (χ1v) is 7.42. The van der Waals surface area contributed by atoms with Crippen LogP contribution in [-0.2, 0) is 0 Å². The summed E-state index contributed by atoms with van der Waals surface area (Å²) in [5.41, 5.74) is 6.36. The molecule has 2 heterocycles. The summed E-state index contributed by atoms with van der Waals surface area (Å²) in [5.74, 6) is 0.754. The minimum atomic E-state index is -0.0562.